The number of methoxy groups -OCH3 is 1. The lowest BCUT2D eigenvalue weighted by Gasteiger charge is -2.05. The Hall–Kier alpha value is -2.69. The Morgan fingerprint density at radius 1 is 1.14 bits per heavy atom. The summed E-state index contributed by atoms with van der Waals surface area (Å²) in [5.41, 5.74) is 0.542. The van der Waals surface area contributed by atoms with Gasteiger partial charge in [0.2, 0.25) is 5.91 Å². The van der Waals surface area contributed by atoms with Gasteiger partial charge >= 0.3 is 0 Å². The Kier molecular flexibility index (Phi) is 5.04. The molecule has 0 fully saturated rings. The molecule has 0 spiro atoms. The van der Waals surface area contributed by atoms with Crippen LogP contribution in [0.25, 0.3) is 0 Å². The molecule has 0 aliphatic carbocycles. The SMILES string of the molecule is COc1cccc(C(=O)CCC(=O)Nc2ccccn2)c1. The van der Waals surface area contributed by atoms with E-state index in [9.17, 15) is 9.59 Å². The number of ketones is 1. The number of anilines is 1. The van der Waals surface area contributed by atoms with E-state index in [0.29, 0.717) is 17.1 Å². The lowest BCUT2D eigenvalue weighted by Crippen LogP contribution is -2.14. The molecule has 0 unspecified atom stereocenters. The maximum absolute atomic E-state index is 12.0. The van der Waals surface area contributed by atoms with Crippen molar-refractivity contribution in [2.45, 2.75) is 12.8 Å². The average Bonchev–Trinajstić information content (AvgIpc) is 2.53. The molecule has 0 aliphatic heterocycles. The van der Waals surface area contributed by atoms with Gasteiger partial charge in [-0.05, 0) is 24.3 Å². The molecule has 0 aliphatic rings. The first kappa shape index (κ1) is 14.7. The van der Waals surface area contributed by atoms with Crippen molar-refractivity contribution < 1.29 is 14.3 Å². The number of hydrogen-bond donors (Lipinski definition) is 1. The topological polar surface area (TPSA) is 68.3 Å². The van der Waals surface area contributed by atoms with E-state index in [1.165, 1.54) is 0 Å². The number of carbonyl (C=O) groups excluding carboxylic acids is 2. The third-order valence-corrected chi connectivity index (χ3v) is 2.90. The van der Waals surface area contributed by atoms with E-state index in [1.807, 2.05) is 0 Å². The summed E-state index contributed by atoms with van der Waals surface area (Å²) in [5, 5.41) is 2.64. The molecule has 0 saturated heterocycles. The van der Waals surface area contributed by atoms with Crippen LogP contribution in [0.3, 0.4) is 0 Å². The predicted molar refractivity (Wildman–Crippen MR) is 79.4 cm³/mol. The van der Waals surface area contributed by atoms with Crippen molar-refractivity contribution in [3.05, 3.63) is 54.2 Å². The van der Waals surface area contributed by atoms with Gasteiger partial charge < -0.3 is 10.1 Å². The molecule has 1 aromatic heterocycles. The van der Waals surface area contributed by atoms with E-state index in [4.69, 9.17) is 4.74 Å². The smallest absolute Gasteiger partial charge is 0.225 e. The molecule has 5 heteroatoms. The average molecular weight is 284 g/mol. The summed E-state index contributed by atoms with van der Waals surface area (Å²) >= 11 is 0. The highest BCUT2D eigenvalue weighted by Crippen LogP contribution is 2.15. The van der Waals surface area contributed by atoms with Gasteiger partial charge in [0.25, 0.3) is 0 Å². The molecule has 21 heavy (non-hydrogen) atoms. The molecular formula is C16H16N2O3. The van der Waals surface area contributed by atoms with Gasteiger partial charge in [0.1, 0.15) is 11.6 Å². The number of pyridine rings is 1. The van der Waals surface area contributed by atoms with Gasteiger partial charge in [0.05, 0.1) is 7.11 Å². The maximum atomic E-state index is 12.0. The molecule has 0 saturated carbocycles. The van der Waals surface area contributed by atoms with Gasteiger partial charge in [0.15, 0.2) is 5.78 Å². The van der Waals surface area contributed by atoms with Crippen molar-refractivity contribution in [2.24, 2.45) is 0 Å². The fourth-order valence-electron chi connectivity index (χ4n) is 1.81. The second-order valence-electron chi connectivity index (χ2n) is 4.42. The quantitative estimate of drug-likeness (QED) is 0.828. The number of amides is 1. The van der Waals surface area contributed by atoms with Crippen LogP contribution in [0.4, 0.5) is 5.82 Å². The van der Waals surface area contributed by atoms with Crippen molar-refractivity contribution in [3.8, 4) is 5.75 Å². The first-order chi connectivity index (χ1) is 10.2. The first-order valence-corrected chi connectivity index (χ1v) is 6.57. The normalized spacial score (nSPS) is 9.95. The first-order valence-electron chi connectivity index (χ1n) is 6.57. The Morgan fingerprint density at radius 2 is 2.00 bits per heavy atom. The van der Waals surface area contributed by atoms with Gasteiger partial charge in [-0.3, -0.25) is 9.59 Å². The zero-order chi connectivity index (χ0) is 15.1. The minimum Gasteiger partial charge on any atom is -0.497 e. The molecule has 0 atom stereocenters. The predicted octanol–water partition coefficient (Wildman–Crippen LogP) is 2.69. The summed E-state index contributed by atoms with van der Waals surface area (Å²) in [6, 6.07) is 12.1. The molecule has 0 radical (unpaired) electrons. The number of rotatable bonds is 6. The van der Waals surface area contributed by atoms with Gasteiger partial charge in [0, 0.05) is 24.6 Å². The number of Topliss-reactive ketones (excluding diaryl/α,β-unsaturated/α-hetero) is 1. The van der Waals surface area contributed by atoms with Crippen molar-refractivity contribution in [1.29, 1.82) is 0 Å². The number of nitrogens with zero attached hydrogens (tertiary/aromatic N) is 1. The largest absolute Gasteiger partial charge is 0.497 e. The van der Waals surface area contributed by atoms with E-state index in [-0.39, 0.29) is 24.5 Å². The standard InChI is InChI=1S/C16H16N2O3/c1-21-13-6-4-5-12(11-13)14(19)8-9-16(20)18-15-7-2-3-10-17-15/h2-7,10-11H,8-9H2,1H3,(H,17,18,20). The number of ether oxygens (including phenoxy) is 1. The van der Waals surface area contributed by atoms with Crippen molar-refractivity contribution in [2.75, 3.05) is 12.4 Å². The highest BCUT2D eigenvalue weighted by Gasteiger charge is 2.10. The highest BCUT2D eigenvalue weighted by atomic mass is 16.5. The Balaban J connectivity index is 1.87. The third kappa shape index (κ3) is 4.42. The number of aromatic nitrogens is 1. The minimum absolute atomic E-state index is 0.0925. The summed E-state index contributed by atoms with van der Waals surface area (Å²) in [6.45, 7) is 0. The zero-order valence-electron chi connectivity index (χ0n) is 11.7. The molecule has 2 aromatic rings. The Bertz CT molecular complexity index is 626. The third-order valence-electron chi connectivity index (χ3n) is 2.90. The van der Waals surface area contributed by atoms with Crippen LogP contribution in [0.1, 0.15) is 23.2 Å². The van der Waals surface area contributed by atoms with Crippen molar-refractivity contribution >= 4 is 17.5 Å². The summed E-state index contributed by atoms with van der Waals surface area (Å²) in [5.74, 6) is 0.783. The summed E-state index contributed by atoms with van der Waals surface area (Å²) in [6.07, 6.45) is 1.86. The Morgan fingerprint density at radius 3 is 2.71 bits per heavy atom. The van der Waals surface area contributed by atoms with Crippen LogP contribution in [-0.2, 0) is 4.79 Å². The zero-order valence-corrected chi connectivity index (χ0v) is 11.7. The van der Waals surface area contributed by atoms with Gasteiger partial charge in [-0.25, -0.2) is 4.98 Å². The number of nitrogens with one attached hydrogen (secondary N) is 1. The fraction of sp³-hybridized carbons (Fsp3) is 0.188. The van der Waals surface area contributed by atoms with Gasteiger partial charge in [-0.2, -0.15) is 0 Å². The molecule has 1 amide bonds. The summed E-state index contributed by atoms with van der Waals surface area (Å²) < 4.78 is 5.07. The van der Waals surface area contributed by atoms with Crippen LogP contribution in [0.5, 0.6) is 5.75 Å². The van der Waals surface area contributed by atoms with Crippen molar-refractivity contribution in [1.82, 2.24) is 4.98 Å². The second kappa shape index (κ2) is 7.19. The van der Waals surface area contributed by atoms with Crippen LogP contribution in [0.2, 0.25) is 0 Å². The Labute approximate surface area is 123 Å². The van der Waals surface area contributed by atoms with Crippen LogP contribution < -0.4 is 10.1 Å². The van der Waals surface area contributed by atoms with E-state index >= 15 is 0 Å². The fourth-order valence-corrected chi connectivity index (χ4v) is 1.81. The maximum Gasteiger partial charge on any atom is 0.225 e. The van der Waals surface area contributed by atoms with E-state index in [0.717, 1.165) is 0 Å². The van der Waals surface area contributed by atoms with E-state index < -0.39 is 0 Å². The van der Waals surface area contributed by atoms with Crippen LogP contribution in [-0.4, -0.2) is 23.8 Å². The lowest BCUT2D eigenvalue weighted by atomic mass is 10.1. The second-order valence-corrected chi connectivity index (χ2v) is 4.42. The van der Waals surface area contributed by atoms with E-state index in [2.05, 4.69) is 10.3 Å². The molecule has 0 bridgehead atoms. The van der Waals surface area contributed by atoms with Crippen LogP contribution in [0, 0.1) is 0 Å². The van der Waals surface area contributed by atoms with Gasteiger partial charge in [-0.15, -0.1) is 0 Å². The molecule has 1 aromatic carbocycles. The minimum atomic E-state index is -0.232. The number of carbonyl (C=O) groups is 2. The number of benzene rings is 1. The summed E-state index contributed by atoms with van der Waals surface area (Å²) in [7, 11) is 1.55. The molecule has 108 valence electrons. The molecular weight excluding hydrogens is 268 g/mol. The monoisotopic (exact) mass is 284 g/mol. The lowest BCUT2D eigenvalue weighted by molar-refractivity contribution is -0.116. The van der Waals surface area contributed by atoms with Crippen LogP contribution >= 0.6 is 0 Å². The molecule has 2 rings (SSSR count). The molecule has 1 N–H and O–H groups in total. The van der Waals surface area contributed by atoms with Crippen LogP contribution in [0.15, 0.2) is 48.7 Å². The van der Waals surface area contributed by atoms with Crippen molar-refractivity contribution in [3.63, 3.8) is 0 Å². The van der Waals surface area contributed by atoms with E-state index in [1.54, 1.807) is 55.8 Å². The number of hydrogen-bond acceptors (Lipinski definition) is 4. The molecule has 1 heterocycles. The summed E-state index contributed by atoms with van der Waals surface area (Å²) in [4.78, 5) is 27.8. The van der Waals surface area contributed by atoms with Gasteiger partial charge in [-0.1, -0.05) is 18.2 Å². The molecule has 5 nitrogen and oxygen atoms in total. The highest BCUT2D eigenvalue weighted by molar-refractivity contribution is 6.00.